The smallest absolute Gasteiger partial charge is 0.134 e. The monoisotopic (exact) mass is 257 g/mol. The molecule has 1 rings (SSSR count). The zero-order valence-corrected chi connectivity index (χ0v) is 11.2. The number of nitrogens with zero attached hydrogens (tertiary/aromatic N) is 2. The van der Waals surface area contributed by atoms with E-state index in [0.717, 1.165) is 31.6 Å². The maximum atomic E-state index is 8.97. The summed E-state index contributed by atoms with van der Waals surface area (Å²) in [7, 11) is 0. The summed E-state index contributed by atoms with van der Waals surface area (Å²) in [5, 5.41) is 12.7. The Kier molecular flexibility index (Phi) is 6.22. The van der Waals surface area contributed by atoms with Gasteiger partial charge in [0.05, 0.1) is 0 Å². The lowest BCUT2D eigenvalue weighted by atomic mass is 10.0. The first kappa shape index (κ1) is 14.2. The highest BCUT2D eigenvalue weighted by molar-refractivity contribution is 6.29. The predicted octanol–water partition coefficient (Wildman–Crippen LogP) is 2.65. The van der Waals surface area contributed by atoms with Crippen LogP contribution in [-0.2, 0) is 0 Å². The van der Waals surface area contributed by atoms with Gasteiger partial charge in [-0.1, -0.05) is 24.9 Å². The maximum Gasteiger partial charge on any atom is 0.134 e. The molecule has 0 saturated carbocycles. The highest BCUT2D eigenvalue weighted by atomic mass is 35.5. The number of anilines is 1. The number of aliphatic hydroxyl groups excluding tert-OH is 1. The summed E-state index contributed by atoms with van der Waals surface area (Å²) in [6.45, 7) is 5.00. The van der Waals surface area contributed by atoms with Crippen LogP contribution in [0.4, 0.5) is 5.82 Å². The zero-order valence-electron chi connectivity index (χ0n) is 10.4. The minimum absolute atomic E-state index is 0.232. The van der Waals surface area contributed by atoms with Crippen molar-refractivity contribution >= 4 is 17.4 Å². The molecule has 2 N–H and O–H groups in total. The Morgan fingerprint density at radius 2 is 2.18 bits per heavy atom. The second-order valence-corrected chi connectivity index (χ2v) is 4.56. The van der Waals surface area contributed by atoms with Crippen LogP contribution in [-0.4, -0.2) is 28.2 Å². The van der Waals surface area contributed by atoms with Crippen LogP contribution in [0.25, 0.3) is 0 Å². The van der Waals surface area contributed by atoms with Gasteiger partial charge in [0, 0.05) is 19.2 Å². The molecule has 96 valence electrons. The Morgan fingerprint density at radius 1 is 1.41 bits per heavy atom. The molecule has 1 unspecified atom stereocenters. The average molecular weight is 258 g/mol. The van der Waals surface area contributed by atoms with Gasteiger partial charge in [0.25, 0.3) is 0 Å². The topological polar surface area (TPSA) is 58.0 Å². The Morgan fingerprint density at radius 3 is 2.76 bits per heavy atom. The summed E-state index contributed by atoms with van der Waals surface area (Å²) >= 11 is 5.86. The summed E-state index contributed by atoms with van der Waals surface area (Å²) in [5.74, 6) is 1.88. The molecule has 0 fully saturated rings. The van der Waals surface area contributed by atoms with Crippen molar-refractivity contribution in [2.45, 2.75) is 33.1 Å². The van der Waals surface area contributed by atoms with Crippen LogP contribution >= 0.6 is 11.6 Å². The Balaban J connectivity index is 2.52. The third kappa shape index (κ3) is 5.33. The first-order chi connectivity index (χ1) is 8.15. The van der Waals surface area contributed by atoms with Gasteiger partial charge in [0.2, 0.25) is 0 Å². The van der Waals surface area contributed by atoms with Gasteiger partial charge >= 0.3 is 0 Å². The molecule has 0 spiro atoms. The molecule has 17 heavy (non-hydrogen) atoms. The van der Waals surface area contributed by atoms with Gasteiger partial charge in [-0.25, -0.2) is 9.97 Å². The van der Waals surface area contributed by atoms with Crippen molar-refractivity contribution in [1.82, 2.24) is 9.97 Å². The molecule has 1 aromatic heterocycles. The standard InChI is InChI=1S/C12H20ClN3O/c1-3-4-10(5-6-17)8-14-12-7-11(13)15-9(2)16-12/h7,10,17H,3-6,8H2,1-2H3,(H,14,15,16). The van der Waals surface area contributed by atoms with Crippen molar-refractivity contribution in [3.63, 3.8) is 0 Å². The van der Waals surface area contributed by atoms with Crippen LogP contribution in [0, 0.1) is 12.8 Å². The van der Waals surface area contributed by atoms with Gasteiger partial charge in [-0.3, -0.25) is 0 Å². The van der Waals surface area contributed by atoms with Gasteiger partial charge in [-0.2, -0.15) is 0 Å². The molecule has 0 aliphatic heterocycles. The van der Waals surface area contributed by atoms with Gasteiger partial charge in [0.1, 0.15) is 16.8 Å². The van der Waals surface area contributed by atoms with E-state index in [1.165, 1.54) is 0 Å². The summed E-state index contributed by atoms with van der Waals surface area (Å²) in [6, 6.07) is 1.72. The van der Waals surface area contributed by atoms with E-state index in [1.807, 2.05) is 6.92 Å². The largest absolute Gasteiger partial charge is 0.396 e. The van der Waals surface area contributed by atoms with Crippen LogP contribution in [0.2, 0.25) is 5.15 Å². The molecule has 1 heterocycles. The fraction of sp³-hybridized carbons (Fsp3) is 0.667. The number of nitrogens with one attached hydrogen (secondary N) is 1. The lowest BCUT2D eigenvalue weighted by molar-refractivity contribution is 0.255. The lowest BCUT2D eigenvalue weighted by Crippen LogP contribution is -2.16. The van der Waals surface area contributed by atoms with Crippen LogP contribution in [0.3, 0.4) is 0 Å². The van der Waals surface area contributed by atoms with E-state index < -0.39 is 0 Å². The van der Waals surface area contributed by atoms with E-state index in [9.17, 15) is 0 Å². The first-order valence-corrected chi connectivity index (χ1v) is 6.39. The Labute approximate surface area is 107 Å². The van der Waals surface area contributed by atoms with Crippen molar-refractivity contribution in [3.05, 3.63) is 17.0 Å². The minimum Gasteiger partial charge on any atom is -0.396 e. The van der Waals surface area contributed by atoms with E-state index in [0.29, 0.717) is 16.9 Å². The molecule has 0 aliphatic rings. The molecule has 0 bridgehead atoms. The molecule has 0 amide bonds. The number of aromatic nitrogens is 2. The molecule has 0 radical (unpaired) electrons. The molecule has 0 aliphatic carbocycles. The predicted molar refractivity (Wildman–Crippen MR) is 70.4 cm³/mol. The summed E-state index contributed by atoms with van der Waals surface area (Å²) in [4.78, 5) is 8.27. The molecule has 5 heteroatoms. The number of aryl methyl sites for hydroxylation is 1. The van der Waals surface area contributed by atoms with Crippen molar-refractivity contribution in [3.8, 4) is 0 Å². The van der Waals surface area contributed by atoms with Gasteiger partial charge in [-0.05, 0) is 25.7 Å². The molecule has 1 atom stereocenters. The minimum atomic E-state index is 0.232. The van der Waals surface area contributed by atoms with Crippen LogP contribution in [0.1, 0.15) is 32.0 Å². The van der Waals surface area contributed by atoms with Gasteiger partial charge in [-0.15, -0.1) is 0 Å². The van der Waals surface area contributed by atoms with E-state index >= 15 is 0 Å². The van der Waals surface area contributed by atoms with Gasteiger partial charge in [0.15, 0.2) is 0 Å². The second kappa shape index (κ2) is 7.45. The summed E-state index contributed by atoms with van der Waals surface area (Å²) < 4.78 is 0. The number of hydrogen-bond donors (Lipinski definition) is 2. The first-order valence-electron chi connectivity index (χ1n) is 6.01. The quantitative estimate of drug-likeness (QED) is 0.738. The fourth-order valence-electron chi connectivity index (χ4n) is 1.81. The zero-order chi connectivity index (χ0) is 12.7. The molecular weight excluding hydrogens is 238 g/mol. The van der Waals surface area contributed by atoms with Crippen molar-refractivity contribution < 1.29 is 5.11 Å². The number of rotatable bonds is 7. The van der Waals surface area contributed by atoms with Crippen molar-refractivity contribution in [2.24, 2.45) is 5.92 Å². The van der Waals surface area contributed by atoms with Crippen molar-refractivity contribution in [2.75, 3.05) is 18.5 Å². The van der Waals surface area contributed by atoms with Crippen LogP contribution < -0.4 is 5.32 Å². The van der Waals surface area contributed by atoms with E-state index in [1.54, 1.807) is 6.07 Å². The lowest BCUT2D eigenvalue weighted by Gasteiger charge is -2.16. The van der Waals surface area contributed by atoms with E-state index in [2.05, 4.69) is 22.2 Å². The van der Waals surface area contributed by atoms with Gasteiger partial charge < -0.3 is 10.4 Å². The van der Waals surface area contributed by atoms with Crippen molar-refractivity contribution in [1.29, 1.82) is 0 Å². The highest BCUT2D eigenvalue weighted by Crippen LogP contribution is 2.14. The Bertz CT molecular complexity index is 320. The molecule has 0 saturated heterocycles. The average Bonchev–Trinajstić information content (AvgIpc) is 2.25. The molecule has 0 aromatic carbocycles. The molecular formula is C12H20ClN3O. The normalized spacial score (nSPS) is 12.5. The molecule has 1 aromatic rings. The number of halogens is 1. The summed E-state index contributed by atoms with van der Waals surface area (Å²) in [5.41, 5.74) is 0. The van der Waals surface area contributed by atoms with E-state index in [4.69, 9.17) is 16.7 Å². The Hall–Kier alpha value is -0.870. The second-order valence-electron chi connectivity index (χ2n) is 4.17. The van der Waals surface area contributed by atoms with Crippen LogP contribution in [0.15, 0.2) is 6.07 Å². The molecule has 4 nitrogen and oxygen atoms in total. The number of hydrogen-bond acceptors (Lipinski definition) is 4. The maximum absolute atomic E-state index is 8.97. The third-order valence-corrected chi connectivity index (χ3v) is 2.81. The summed E-state index contributed by atoms with van der Waals surface area (Å²) in [6.07, 6.45) is 3.04. The highest BCUT2D eigenvalue weighted by Gasteiger charge is 2.08. The van der Waals surface area contributed by atoms with Crippen LogP contribution in [0.5, 0.6) is 0 Å². The van der Waals surface area contributed by atoms with E-state index in [-0.39, 0.29) is 6.61 Å². The third-order valence-electron chi connectivity index (χ3n) is 2.61. The SMILES string of the molecule is CCCC(CCO)CNc1cc(Cl)nc(C)n1. The number of aliphatic hydroxyl groups is 1. The fourth-order valence-corrected chi connectivity index (χ4v) is 2.04.